The number of nitro groups is 1. The Labute approximate surface area is 128 Å². The van der Waals surface area contributed by atoms with Crippen molar-refractivity contribution in [1.29, 1.82) is 0 Å². The molecular weight excluding hydrogens is 282 g/mol. The number of benzene rings is 2. The first-order valence-corrected chi connectivity index (χ1v) is 7.27. The van der Waals surface area contributed by atoms with Gasteiger partial charge >= 0.3 is 0 Å². The van der Waals surface area contributed by atoms with E-state index < -0.39 is 4.92 Å². The molecular formula is C17H17NO4. The Morgan fingerprint density at radius 3 is 2.64 bits per heavy atom. The zero-order valence-corrected chi connectivity index (χ0v) is 12.3. The van der Waals surface area contributed by atoms with Crippen LogP contribution < -0.4 is 9.47 Å². The summed E-state index contributed by atoms with van der Waals surface area (Å²) in [5.41, 5.74) is 0.782. The molecule has 0 atom stereocenters. The molecule has 0 aromatic heterocycles. The number of non-ortho nitro benzene ring substituents is 1. The van der Waals surface area contributed by atoms with E-state index in [1.807, 2.05) is 24.3 Å². The number of ether oxygens (including phenoxy) is 2. The van der Waals surface area contributed by atoms with Crippen molar-refractivity contribution in [2.75, 3.05) is 6.61 Å². The van der Waals surface area contributed by atoms with E-state index in [9.17, 15) is 10.1 Å². The van der Waals surface area contributed by atoms with Gasteiger partial charge in [0.1, 0.15) is 17.2 Å². The molecule has 0 unspecified atom stereocenters. The lowest BCUT2D eigenvalue weighted by molar-refractivity contribution is -0.384. The lowest BCUT2D eigenvalue weighted by Gasteiger charge is -2.10. The van der Waals surface area contributed by atoms with E-state index in [0.29, 0.717) is 17.4 Å². The summed E-state index contributed by atoms with van der Waals surface area (Å²) in [5.74, 6) is 2.74. The van der Waals surface area contributed by atoms with E-state index in [2.05, 4.69) is 0 Å². The van der Waals surface area contributed by atoms with Crippen molar-refractivity contribution < 1.29 is 14.4 Å². The molecule has 1 aliphatic rings. The molecule has 0 spiro atoms. The molecule has 114 valence electrons. The van der Waals surface area contributed by atoms with Gasteiger partial charge in [0.2, 0.25) is 0 Å². The van der Waals surface area contributed by atoms with Gasteiger partial charge in [-0.2, -0.15) is 0 Å². The average Bonchev–Trinajstić information content (AvgIpc) is 3.32. The van der Waals surface area contributed by atoms with Crippen LogP contribution in [0.4, 0.5) is 5.69 Å². The molecule has 0 bridgehead atoms. The highest BCUT2D eigenvalue weighted by atomic mass is 16.6. The predicted octanol–water partition coefficient (Wildman–Crippen LogP) is 4.48. The van der Waals surface area contributed by atoms with E-state index in [4.69, 9.17) is 9.47 Å². The number of nitrogens with zero attached hydrogens (tertiary/aromatic N) is 1. The van der Waals surface area contributed by atoms with Crippen molar-refractivity contribution in [2.24, 2.45) is 5.92 Å². The van der Waals surface area contributed by atoms with Crippen LogP contribution in [0, 0.1) is 23.0 Å². The van der Waals surface area contributed by atoms with Gasteiger partial charge in [-0.15, -0.1) is 0 Å². The minimum absolute atomic E-state index is 0.0615. The highest BCUT2D eigenvalue weighted by molar-refractivity contribution is 5.45. The highest BCUT2D eigenvalue weighted by Gasteiger charge is 2.21. The van der Waals surface area contributed by atoms with Gasteiger partial charge in [0, 0.05) is 18.2 Å². The lowest BCUT2D eigenvalue weighted by atomic mass is 10.2. The van der Waals surface area contributed by atoms with Crippen LogP contribution in [0.3, 0.4) is 0 Å². The van der Waals surface area contributed by atoms with Gasteiger partial charge in [0.05, 0.1) is 11.5 Å². The number of rotatable bonds is 6. The normalized spacial score (nSPS) is 13.7. The van der Waals surface area contributed by atoms with Crippen molar-refractivity contribution in [3.63, 3.8) is 0 Å². The second kappa shape index (κ2) is 6.05. The molecule has 1 fully saturated rings. The fourth-order valence-electron chi connectivity index (χ4n) is 2.11. The second-order valence-corrected chi connectivity index (χ2v) is 5.54. The molecule has 1 saturated carbocycles. The summed E-state index contributed by atoms with van der Waals surface area (Å²) in [6.07, 6.45) is 2.50. The first-order valence-electron chi connectivity index (χ1n) is 7.27. The number of nitro benzene ring substituents is 1. The van der Waals surface area contributed by atoms with Gasteiger partial charge in [-0.3, -0.25) is 10.1 Å². The van der Waals surface area contributed by atoms with E-state index in [0.717, 1.165) is 17.9 Å². The quantitative estimate of drug-likeness (QED) is 0.582. The van der Waals surface area contributed by atoms with Gasteiger partial charge in [0.15, 0.2) is 0 Å². The first kappa shape index (κ1) is 14.4. The summed E-state index contributed by atoms with van der Waals surface area (Å²) >= 11 is 0. The fraction of sp³-hybridized carbons (Fsp3) is 0.294. The lowest BCUT2D eigenvalue weighted by Crippen LogP contribution is -1.99. The monoisotopic (exact) mass is 299 g/mol. The molecule has 5 heteroatoms. The molecule has 3 rings (SSSR count). The second-order valence-electron chi connectivity index (χ2n) is 5.54. The van der Waals surface area contributed by atoms with Crippen LogP contribution in [-0.4, -0.2) is 11.5 Å². The van der Waals surface area contributed by atoms with Crippen LogP contribution in [0.5, 0.6) is 17.2 Å². The maximum Gasteiger partial charge on any atom is 0.269 e. The number of aryl methyl sites for hydroxylation is 1. The Morgan fingerprint density at radius 1 is 1.18 bits per heavy atom. The van der Waals surface area contributed by atoms with Crippen LogP contribution in [0.25, 0.3) is 0 Å². The minimum atomic E-state index is -0.414. The zero-order chi connectivity index (χ0) is 15.5. The van der Waals surface area contributed by atoms with Crippen LogP contribution in [0.1, 0.15) is 18.4 Å². The fourth-order valence-corrected chi connectivity index (χ4v) is 2.11. The third-order valence-electron chi connectivity index (χ3n) is 3.59. The molecule has 5 nitrogen and oxygen atoms in total. The third-order valence-corrected chi connectivity index (χ3v) is 3.59. The van der Waals surface area contributed by atoms with Crippen molar-refractivity contribution in [3.05, 3.63) is 58.1 Å². The molecule has 0 saturated heterocycles. The van der Waals surface area contributed by atoms with Crippen molar-refractivity contribution in [1.82, 2.24) is 0 Å². The molecule has 0 amide bonds. The maximum atomic E-state index is 10.7. The Hall–Kier alpha value is -2.56. The largest absolute Gasteiger partial charge is 0.493 e. The van der Waals surface area contributed by atoms with Crippen molar-refractivity contribution in [2.45, 2.75) is 19.8 Å². The summed E-state index contributed by atoms with van der Waals surface area (Å²) in [4.78, 5) is 10.3. The minimum Gasteiger partial charge on any atom is -0.493 e. The van der Waals surface area contributed by atoms with Crippen LogP contribution in [0.2, 0.25) is 0 Å². The topological polar surface area (TPSA) is 61.6 Å². The molecule has 2 aromatic rings. The highest BCUT2D eigenvalue weighted by Crippen LogP contribution is 2.32. The molecule has 0 aliphatic heterocycles. The summed E-state index contributed by atoms with van der Waals surface area (Å²) < 4.78 is 11.5. The third kappa shape index (κ3) is 3.55. The van der Waals surface area contributed by atoms with Crippen molar-refractivity contribution >= 4 is 5.69 Å². The summed E-state index contributed by atoms with van der Waals surface area (Å²) in [6, 6.07) is 12.0. The SMILES string of the molecule is Cc1cc([N+](=O)[O-])ccc1Oc1cccc(OCC2CC2)c1. The first-order chi connectivity index (χ1) is 10.6. The average molecular weight is 299 g/mol. The Bertz CT molecular complexity index is 695. The van der Waals surface area contributed by atoms with Crippen molar-refractivity contribution in [3.8, 4) is 17.2 Å². The van der Waals surface area contributed by atoms with Gasteiger partial charge in [-0.25, -0.2) is 0 Å². The predicted molar refractivity (Wildman–Crippen MR) is 82.6 cm³/mol. The molecule has 0 N–H and O–H groups in total. The number of hydrogen-bond acceptors (Lipinski definition) is 4. The van der Waals surface area contributed by atoms with Gasteiger partial charge in [-0.1, -0.05) is 6.07 Å². The van der Waals surface area contributed by atoms with E-state index in [-0.39, 0.29) is 5.69 Å². The van der Waals surface area contributed by atoms with Gasteiger partial charge in [-0.05, 0) is 49.4 Å². The van der Waals surface area contributed by atoms with Crippen LogP contribution in [0.15, 0.2) is 42.5 Å². The molecule has 2 aromatic carbocycles. The molecule has 1 aliphatic carbocycles. The standard InChI is InChI=1S/C17H17NO4/c1-12-9-14(18(19)20)7-8-17(12)22-16-4-2-3-15(10-16)21-11-13-5-6-13/h2-4,7-10,13H,5-6,11H2,1H3. The molecule has 0 radical (unpaired) electrons. The van der Waals surface area contributed by atoms with E-state index in [1.54, 1.807) is 13.0 Å². The summed E-state index contributed by atoms with van der Waals surface area (Å²) in [7, 11) is 0. The van der Waals surface area contributed by atoms with E-state index in [1.165, 1.54) is 25.0 Å². The molecule has 22 heavy (non-hydrogen) atoms. The van der Waals surface area contributed by atoms with Gasteiger partial charge < -0.3 is 9.47 Å². The Balaban J connectivity index is 1.71. The van der Waals surface area contributed by atoms with Crippen LogP contribution >= 0.6 is 0 Å². The maximum absolute atomic E-state index is 10.7. The van der Waals surface area contributed by atoms with E-state index >= 15 is 0 Å². The zero-order valence-electron chi connectivity index (χ0n) is 12.3. The Morgan fingerprint density at radius 2 is 1.95 bits per heavy atom. The summed E-state index contributed by atoms with van der Waals surface area (Å²) in [5, 5.41) is 10.7. The molecule has 0 heterocycles. The smallest absolute Gasteiger partial charge is 0.269 e. The van der Waals surface area contributed by atoms with Gasteiger partial charge in [0.25, 0.3) is 5.69 Å². The Kier molecular flexibility index (Phi) is 3.96. The number of hydrogen-bond donors (Lipinski definition) is 0. The van der Waals surface area contributed by atoms with Crippen LogP contribution in [-0.2, 0) is 0 Å². The summed E-state index contributed by atoms with van der Waals surface area (Å²) in [6.45, 7) is 2.54.